The Bertz CT molecular complexity index is 358. The number of hydrogen-bond donors (Lipinski definition) is 0. The minimum Gasteiger partial charge on any atom is -0.299 e. The fraction of sp³-hybridized carbons (Fsp3) is 0.273. The predicted molar refractivity (Wildman–Crippen MR) is 58.4 cm³/mol. The van der Waals surface area contributed by atoms with Crippen molar-refractivity contribution in [2.75, 3.05) is 0 Å². The van der Waals surface area contributed by atoms with Crippen LogP contribution in [0.4, 0.5) is 0 Å². The van der Waals surface area contributed by atoms with Crippen LogP contribution in [-0.2, 0) is 4.79 Å². The highest BCUT2D eigenvalue weighted by Crippen LogP contribution is 2.13. The van der Waals surface area contributed by atoms with Gasteiger partial charge in [-0.25, -0.2) is 0 Å². The summed E-state index contributed by atoms with van der Waals surface area (Å²) in [6, 6.07) is 7.08. The van der Waals surface area contributed by atoms with Crippen molar-refractivity contribution in [3.63, 3.8) is 0 Å². The first-order chi connectivity index (χ1) is 6.63. The van der Waals surface area contributed by atoms with Gasteiger partial charge in [-0.2, -0.15) is 0 Å². The second kappa shape index (κ2) is 5.05. The van der Waals surface area contributed by atoms with Gasteiger partial charge in [0, 0.05) is 16.5 Å². The normalized spacial score (nSPS) is 9.86. The lowest BCUT2D eigenvalue weighted by Gasteiger charge is -1.99. The molecule has 0 spiro atoms. The maximum absolute atomic E-state index is 11.5. The van der Waals surface area contributed by atoms with E-state index in [0.29, 0.717) is 12.0 Å². The average Bonchev–Trinajstić information content (AvgIpc) is 2.17. The Balaban J connectivity index is 2.75. The molecule has 74 valence electrons. The number of carbonyl (C=O) groups is 2. The molecule has 0 radical (unpaired) electrons. The number of rotatable bonds is 4. The maximum atomic E-state index is 11.5. The largest absolute Gasteiger partial charge is 0.299 e. The van der Waals surface area contributed by atoms with E-state index >= 15 is 0 Å². The summed E-state index contributed by atoms with van der Waals surface area (Å²) in [5.41, 5.74) is 0.584. The molecule has 0 heterocycles. The molecule has 14 heavy (non-hydrogen) atoms. The number of ketones is 2. The molecule has 0 aliphatic carbocycles. The molecule has 0 unspecified atom stereocenters. The molecule has 0 fully saturated rings. The topological polar surface area (TPSA) is 34.1 Å². The summed E-state index contributed by atoms with van der Waals surface area (Å²) in [7, 11) is 0. The Hall–Kier alpha value is -0.960. The van der Waals surface area contributed by atoms with Crippen LogP contribution < -0.4 is 0 Å². The van der Waals surface area contributed by atoms with E-state index < -0.39 is 0 Å². The lowest BCUT2D eigenvalue weighted by Crippen LogP contribution is -2.06. The predicted octanol–water partition coefficient (Wildman–Crippen LogP) is 3.00. The molecule has 0 atom stereocenters. The van der Waals surface area contributed by atoms with Crippen LogP contribution in [0.25, 0.3) is 0 Å². The second-order valence-corrected chi connectivity index (χ2v) is 3.92. The van der Waals surface area contributed by atoms with Gasteiger partial charge in [-0.15, -0.1) is 0 Å². The van der Waals surface area contributed by atoms with Crippen molar-refractivity contribution in [1.29, 1.82) is 0 Å². The highest BCUT2D eigenvalue weighted by Gasteiger charge is 2.09. The van der Waals surface area contributed by atoms with Crippen molar-refractivity contribution in [2.24, 2.45) is 0 Å². The summed E-state index contributed by atoms with van der Waals surface area (Å²) >= 11 is 3.28. The van der Waals surface area contributed by atoms with Gasteiger partial charge in [0.05, 0.1) is 6.42 Å². The van der Waals surface area contributed by atoms with E-state index in [9.17, 15) is 9.59 Å². The third kappa shape index (κ3) is 3.07. The van der Waals surface area contributed by atoms with Crippen molar-refractivity contribution in [1.82, 2.24) is 0 Å². The number of carbonyl (C=O) groups excluding carboxylic acids is 2. The third-order valence-electron chi connectivity index (χ3n) is 1.90. The van der Waals surface area contributed by atoms with Gasteiger partial charge in [0.25, 0.3) is 0 Å². The first kappa shape index (κ1) is 11.1. The second-order valence-electron chi connectivity index (χ2n) is 3.00. The molecule has 1 rings (SSSR count). The molecule has 0 aromatic heterocycles. The monoisotopic (exact) mass is 254 g/mol. The molecular formula is C11H11BrO2. The molecule has 1 aromatic rings. The molecule has 0 saturated carbocycles. The standard InChI is InChI=1S/C11H11BrO2/c1-2-10(13)7-11(14)8-4-3-5-9(12)6-8/h3-6H,2,7H2,1H3. The number of benzene rings is 1. The van der Waals surface area contributed by atoms with E-state index in [1.54, 1.807) is 25.1 Å². The summed E-state index contributed by atoms with van der Waals surface area (Å²) < 4.78 is 0.854. The lowest BCUT2D eigenvalue weighted by atomic mass is 10.1. The smallest absolute Gasteiger partial charge is 0.170 e. The van der Waals surface area contributed by atoms with Crippen LogP contribution in [0.5, 0.6) is 0 Å². The minimum absolute atomic E-state index is 0.00690. The summed E-state index contributed by atoms with van der Waals surface area (Å²) in [4.78, 5) is 22.6. The summed E-state index contributed by atoms with van der Waals surface area (Å²) in [6.45, 7) is 1.76. The quantitative estimate of drug-likeness (QED) is 0.612. The third-order valence-corrected chi connectivity index (χ3v) is 2.39. The number of halogens is 1. The molecular weight excluding hydrogens is 244 g/mol. The zero-order valence-corrected chi connectivity index (χ0v) is 9.50. The highest BCUT2D eigenvalue weighted by molar-refractivity contribution is 9.10. The van der Waals surface area contributed by atoms with Crippen LogP contribution in [0.2, 0.25) is 0 Å². The molecule has 0 aliphatic rings. The number of Topliss-reactive ketones (excluding diaryl/α,β-unsaturated/α-hetero) is 2. The van der Waals surface area contributed by atoms with Crippen molar-refractivity contribution < 1.29 is 9.59 Å². The van der Waals surface area contributed by atoms with E-state index in [1.807, 2.05) is 6.07 Å². The zero-order valence-electron chi connectivity index (χ0n) is 7.92. The molecule has 3 heteroatoms. The van der Waals surface area contributed by atoms with E-state index in [4.69, 9.17) is 0 Å². The van der Waals surface area contributed by atoms with E-state index in [-0.39, 0.29) is 18.0 Å². The van der Waals surface area contributed by atoms with Gasteiger partial charge < -0.3 is 0 Å². The Morgan fingerprint density at radius 2 is 2.07 bits per heavy atom. The van der Waals surface area contributed by atoms with Crippen LogP contribution in [0.1, 0.15) is 30.1 Å². The summed E-state index contributed by atoms with van der Waals surface area (Å²) in [5, 5.41) is 0. The van der Waals surface area contributed by atoms with Gasteiger partial charge in [-0.3, -0.25) is 9.59 Å². The molecule has 0 amide bonds. The molecule has 0 bridgehead atoms. The molecule has 2 nitrogen and oxygen atoms in total. The maximum Gasteiger partial charge on any atom is 0.170 e. The Morgan fingerprint density at radius 1 is 1.36 bits per heavy atom. The fourth-order valence-electron chi connectivity index (χ4n) is 1.07. The average molecular weight is 255 g/mol. The van der Waals surface area contributed by atoms with Gasteiger partial charge in [-0.1, -0.05) is 35.0 Å². The van der Waals surface area contributed by atoms with Crippen molar-refractivity contribution >= 4 is 27.5 Å². The SMILES string of the molecule is CCC(=O)CC(=O)c1cccc(Br)c1. The minimum atomic E-state index is -0.113. The van der Waals surface area contributed by atoms with Crippen LogP contribution in [-0.4, -0.2) is 11.6 Å². The summed E-state index contributed by atoms with van der Waals surface area (Å²) in [6.07, 6.45) is 0.423. The van der Waals surface area contributed by atoms with Gasteiger partial charge in [0.1, 0.15) is 5.78 Å². The Labute approximate surface area is 91.4 Å². The zero-order chi connectivity index (χ0) is 10.6. The Morgan fingerprint density at radius 3 is 2.64 bits per heavy atom. The van der Waals surface area contributed by atoms with E-state index in [0.717, 1.165) is 4.47 Å². The van der Waals surface area contributed by atoms with E-state index in [2.05, 4.69) is 15.9 Å². The first-order valence-corrected chi connectivity index (χ1v) is 5.23. The molecule has 0 saturated heterocycles. The van der Waals surface area contributed by atoms with Crippen LogP contribution in [0, 0.1) is 0 Å². The molecule has 0 N–H and O–H groups in total. The summed E-state index contributed by atoms with van der Waals surface area (Å²) in [5.74, 6) is -0.131. The van der Waals surface area contributed by atoms with Crippen LogP contribution >= 0.6 is 15.9 Å². The fourth-order valence-corrected chi connectivity index (χ4v) is 1.47. The van der Waals surface area contributed by atoms with Gasteiger partial charge in [-0.05, 0) is 12.1 Å². The van der Waals surface area contributed by atoms with Crippen molar-refractivity contribution in [3.8, 4) is 0 Å². The molecule has 0 aliphatic heterocycles. The van der Waals surface area contributed by atoms with Gasteiger partial charge >= 0.3 is 0 Å². The van der Waals surface area contributed by atoms with Gasteiger partial charge in [0.2, 0.25) is 0 Å². The van der Waals surface area contributed by atoms with Crippen LogP contribution in [0.15, 0.2) is 28.7 Å². The van der Waals surface area contributed by atoms with Crippen LogP contribution in [0.3, 0.4) is 0 Å². The Kier molecular flexibility index (Phi) is 4.01. The number of hydrogen-bond acceptors (Lipinski definition) is 2. The van der Waals surface area contributed by atoms with Crippen molar-refractivity contribution in [3.05, 3.63) is 34.3 Å². The highest BCUT2D eigenvalue weighted by atomic mass is 79.9. The van der Waals surface area contributed by atoms with Gasteiger partial charge in [0.15, 0.2) is 5.78 Å². The lowest BCUT2D eigenvalue weighted by molar-refractivity contribution is -0.117. The molecule has 1 aromatic carbocycles. The van der Waals surface area contributed by atoms with Crippen molar-refractivity contribution in [2.45, 2.75) is 19.8 Å². The van der Waals surface area contributed by atoms with E-state index in [1.165, 1.54) is 0 Å². The first-order valence-electron chi connectivity index (χ1n) is 4.44.